The zero-order valence-corrected chi connectivity index (χ0v) is 10.2. The lowest BCUT2D eigenvalue weighted by molar-refractivity contribution is 0.0650. The highest BCUT2D eigenvalue weighted by atomic mass is 16.5. The quantitative estimate of drug-likeness (QED) is 0.674. The van der Waals surface area contributed by atoms with Gasteiger partial charge in [-0.05, 0) is 12.1 Å². The SMILES string of the molecule is COCCN(CCO)C(=O)c1c(O)cccc1O. The summed E-state index contributed by atoms with van der Waals surface area (Å²) in [4.78, 5) is 13.4. The van der Waals surface area contributed by atoms with E-state index < -0.39 is 5.91 Å². The molecule has 0 bridgehead atoms. The molecule has 0 aliphatic heterocycles. The Balaban J connectivity index is 2.94. The van der Waals surface area contributed by atoms with Crippen LogP contribution in [0.4, 0.5) is 0 Å². The van der Waals surface area contributed by atoms with E-state index >= 15 is 0 Å². The van der Waals surface area contributed by atoms with E-state index in [0.29, 0.717) is 6.61 Å². The van der Waals surface area contributed by atoms with Crippen LogP contribution in [-0.2, 0) is 4.74 Å². The molecule has 1 amide bonds. The normalized spacial score (nSPS) is 10.3. The number of carbonyl (C=O) groups excluding carboxylic acids is 1. The van der Waals surface area contributed by atoms with Crippen LogP contribution in [0.3, 0.4) is 0 Å². The van der Waals surface area contributed by atoms with Gasteiger partial charge in [-0.25, -0.2) is 0 Å². The van der Waals surface area contributed by atoms with Crippen LogP contribution in [0, 0.1) is 0 Å². The predicted octanol–water partition coefficient (Wildman–Crippen LogP) is 0.179. The topological polar surface area (TPSA) is 90.2 Å². The van der Waals surface area contributed by atoms with Crippen LogP contribution in [0.2, 0.25) is 0 Å². The molecule has 0 atom stereocenters. The first-order valence-electron chi connectivity index (χ1n) is 5.51. The van der Waals surface area contributed by atoms with Gasteiger partial charge in [0.25, 0.3) is 5.91 Å². The zero-order valence-electron chi connectivity index (χ0n) is 10.2. The first-order valence-corrected chi connectivity index (χ1v) is 5.51. The van der Waals surface area contributed by atoms with E-state index in [2.05, 4.69) is 0 Å². The highest BCUT2D eigenvalue weighted by molar-refractivity contribution is 5.99. The summed E-state index contributed by atoms with van der Waals surface area (Å²) in [6.45, 7) is 0.476. The Bertz CT molecular complexity index is 387. The largest absolute Gasteiger partial charge is 0.507 e. The van der Waals surface area contributed by atoms with Crippen molar-refractivity contribution >= 4 is 5.91 Å². The second kappa shape index (κ2) is 6.83. The average molecular weight is 255 g/mol. The molecule has 0 aliphatic carbocycles. The predicted molar refractivity (Wildman–Crippen MR) is 64.6 cm³/mol. The van der Waals surface area contributed by atoms with Gasteiger partial charge < -0.3 is 25.0 Å². The molecule has 100 valence electrons. The van der Waals surface area contributed by atoms with E-state index in [1.165, 1.54) is 30.2 Å². The summed E-state index contributed by atoms with van der Waals surface area (Å²) in [5, 5.41) is 28.1. The summed E-state index contributed by atoms with van der Waals surface area (Å²) in [5.74, 6) is -1.13. The number of ether oxygens (including phenoxy) is 1. The van der Waals surface area contributed by atoms with Gasteiger partial charge >= 0.3 is 0 Å². The Morgan fingerprint density at radius 1 is 1.28 bits per heavy atom. The summed E-state index contributed by atoms with van der Waals surface area (Å²) in [6, 6.07) is 4.08. The Morgan fingerprint density at radius 2 is 1.89 bits per heavy atom. The number of methoxy groups -OCH3 is 1. The standard InChI is InChI=1S/C12H17NO5/c1-18-8-6-13(5-7-14)12(17)11-9(15)3-2-4-10(11)16/h2-4,14-16H,5-8H2,1H3. The van der Waals surface area contributed by atoms with E-state index in [9.17, 15) is 15.0 Å². The van der Waals surface area contributed by atoms with Crippen LogP contribution in [0.15, 0.2) is 18.2 Å². The summed E-state index contributed by atoms with van der Waals surface area (Å²) < 4.78 is 4.86. The summed E-state index contributed by atoms with van der Waals surface area (Å²) in [7, 11) is 1.50. The second-order valence-electron chi connectivity index (χ2n) is 3.68. The van der Waals surface area contributed by atoms with Gasteiger partial charge in [-0.1, -0.05) is 6.07 Å². The minimum atomic E-state index is -0.545. The number of carbonyl (C=O) groups is 1. The number of aliphatic hydroxyl groups excluding tert-OH is 1. The monoisotopic (exact) mass is 255 g/mol. The van der Waals surface area contributed by atoms with Crippen molar-refractivity contribution in [3.05, 3.63) is 23.8 Å². The fourth-order valence-corrected chi connectivity index (χ4v) is 1.54. The number of phenols is 2. The van der Waals surface area contributed by atoms with Gasteiger partial charge in [0.1, 0.15) is 17.1 Å². The Hall–Kier alpha value is -1.79. The molecule has 1 rings (SSSR count). The molecule has 3 N–H and O–H groups in total. The van der Waals surface area contributed by atoms with Crippen molar-refractivity contribution < 1.29 is 24.9 Å². The number of aromatic hydroxyl groups is 2. The van der Waals surface area contributed by atoms with Crippen molar-refractivity contribution in [1.29, 1.82) is 0 Å². The molecule has 18 heavy (non-hydrogen) atoms. The van der Waals surface area contributed by atoms with Crippen LogP contribution >= 0.6 is 0 Å². The molecule has 6 nitrogen and oxygen atoms in total. The maximum absolute atomic E-state index is 12.1. The molecule has 0 fully saturated rings. The van der Waals surface area contributed by atoms with Gasteiger partial charge in [0.15, 0.2) is 0 Å². The van der Waals surface area contributed by atoms with Gasteiger partial charge in [-0.15, -0.1) is 0 Å². The second-order valence-corrected chi connectivity index (χ2v) is 3.68. The van der Waals surface area contributed by atoms with Crippen molar-refractivity contribution in [3.63, 3.8) is 0 Å². The van der Waals surface area contributed by atoms with Crippen LogP contribution in [-0.4, -0.2) is 59.5 Å². The van der Waals surface area contributed by atoms with E-state index in [4.69, 9.17) is 9.84 Å². The van der Waals surface area contributed by atoms with Crippen LogP contribution < -0.4 is 0 Å². The third-order valence-corrected chi connectivity index (χ3v) is 2.46. The first-order chi connectivity index (χ1) is 8.61. The molecular weight excluding hydrogens is 238 g/mol. The molecule has 6 heteroatoms. The van der Waals surface area contributed by atoms with Gasteiger partial charge in [0.05, 0.1) is 13.2 Å². The lowest BCUT2D eigenvalue weighted by Crippen LogP contribution is -2.36. The minimum absolute atomic E-state index is 0.107. The van der Waals surface area contributed by atoms with Gasteiger partial charge in [0, 0.05) is 20.2 Å². The van der Waals surface area contributed by atoms with Crippen LogP contribution in [0.5, 0.6) is 11.5 Å². The van der Waals surface area contributed by atoms with Gasteiger partial charge in [-0.2, -0.15) is 0 Å². The Labute approximate surface area is 105 Å². The van der Waals surface area contributed by atoms with Crippen molar-refractivity contribution in [2.45, 2.75) is 0 Å². The highest BCUT2D eigenvalue weighted by Gasteiger charge is 2.21. The zero-order chi connectivity index (χ0) is 13.5. The fraction of sp³-hybridized carbons (Fsp3) is 0.417. The van der Waals surface area contributed by atoms with Crippen molar-refractivity contribution in [1.82, 2.24) is 4.90 Å². The molecule has 0 heterocycles. The van der Waals surface area contributed by atoms with E-state index in [0.717, 1.165) is 0 Å². The lowest BCUT2D eigenvalue weighted by Gasteiger charge is -2.22. The van der Waals surface area contributed by atoms with E-state index in [1.54, 1.807) is 0 Å². The number of hydrogen-bond donors (Lipinski definition) is 3. The first kappa shape index (κ1) is 14.3. The Morgan fingerprint density at radius 3 is 2.39 bits per heavy atom. The highest BCUT2D eigenvalue weighted by Crippen LogP contribution is 2.27. The van der Waals surface area contributed by atoms with Gasteiger partial charge in [0.2, 0.25) is 0 Å². The number of rotatable bonds is 6. The molecule has 0 unspecified atom stereocenters. The molecular formula is C12H17NO5. The number of hydrogen-bond acceptors (Lipinski definition) is 5. The molecule has 1 aromatic rings. The molecule has 0 saturated heterocycles. The molecule has 0 aromatic heterocycles. The number of amides is 1. The summed E-state index contributed by atoms with van der Waals surface area (Å²) in [6.07, 6.45) is 0. The molecule has 0 aliphatic rings. The van der Waals surface area contributed by atoms with Crippen LogP contribution in [0.1, 0.15) is 10.4 Å². The van der Waals surface area contributed by atoms with Crippen molar-refractivity contribution in [2.24, 2.45) is 0 Å². The van der Waals surface area contributed by atoms with E-state index in [1.807, 2.05) is 0 Å². The Kier molecular flexibility index (Phi) is 5.41. The third kappa shape index (κ3) is 3.35. The third-order valence-electron chi connectivity index (χ3n) is 2.46. The molecule has 1 aromatic carbocycles. The number of benzene rings is 1. The van der Waals surface area contributed by atoms with Crippen molar-refractivity contribution in [3.8, 4) is 11.5 Å². The smallest absolute Gasteiger partial charge is 0.261 e. The molecule has 0 radical (unpaired) electrons. The number of aliphatic hydroxyl groups is 1. The maximum atomic E-state index is 12.1. The molecule has 0 spiro atoms. The fourth-order valence-electron chi connectivity index (χ4n) is 1.54. The number of phenolic OH excluding ortho intramolecular Hbond substituents is 2. The van der Waals surface area contributed by atoms with Crippen molar-refractivity contribution in [2.75, 3.05) is 33.4 Å². The van der Waals surface area contributed by atoms with E-state index in [-0.39, 0.29) is 36.8 Å². The maximum Gasteiger partial charge on any atom is 0.261 e. The molecule has 0 saturated carbocycles. The summed E-state index contributed by atoms with van der Waals surface area (Å²) in [5.41, 5.74) is -0.165. The minimum Gasteiger partial charge on any atom is -0.507 e. The van der Waals surface area contributed by atoms with Gasteiger partial charge in [-0.3, -0.25) is 4.79 Å². The summed E-state index contributed by atoms with van der Waals surface area (Å²) >= 11 is 0. The average Bonchev–Trinajstić information content (AvgIpc) is 2.34. The van der Waals surface area contributed by atoms with Crippen LogP contribution in [0.25, 0.3) is 0 Å². The lowest BCUT2D eigenvalue weighted by atomic mass is 10.1. The number of nitrogens with zero attached hydrogens (tertiary/aromatic N) is 1.